The molecule has 1 rings (SSSR count). The lowest BCUT2D eigenvalue weighted by Gasteiger charge is -1.94. The first-order valence-corrected chi connectivity index (χ1v) is 2.76. The van der Waals surface area contributed by atoms with Gasteiger partial charge in [0.15, 0.2) is 0 Å². The molecule has 1 heterocycles. The second-order valence-electron chi connectivity index (χ2n) is 2.11. The molecule has 0 atom stereocenters. The third kappa shape index (κ3) is 0.915. The van der Waals surface area contributed by atoms with Crippen LogP contribution in [0.2, 0.25) is 0 Å². The molecule has 1 aromatic rings. The van der Waals surface area contributed by atoms with Crippen molar-refractivity contribution >= 4 is 0 Å². The van der Waals surface area contributed by atoms with Crippen molar-refractivity contribution in [1.82, 2.24) is 0 Å². The van der Waals surface area contributed by atoms with E-state index in [1.165, 1.54) is 0 Å². The van der Waals surface area contributed by atoms with Crippen LogP contribution < -0.4 is 0 Å². The summed E-state index contributed by atoms with van der Waals surface area (Å²) in [6, 6.07) is 3.50. The van der Waals surface area contributed by atoms with Crippen molar-refractivity contribution in [3.63, 3.8) is 0 Å². The van der Waals surface area contributed by atoms with Gasteiger partial charge in [0.2, 0.25) is 0 Å². The predicted molar refractivity (Wildman–Crippen MR) is 32.8 cm³/mol. The van der Waals surface area contributed by atoms with E-state index in [2.05, 4.69) is 0 Å². The van der Waals surface area contributed by atoms with E-state index in [0.717, 1.165) is 5.76 Å². The zero-order valence-corrected chi connectivity index (χ0v) is 5.14. The van der Waals surface area contributed by atoms with Crippen molar-refractivity contribution in [3.05, 3.63) is 24.1 Å². The van der Waals surface area contributed by atoms with Crippen molar-refractivity contribution in [1.29, 1.82) is 0 Å². The van der Waals surface area contributed by atoms with Crippen LogP contribution >= 0.6 is 0 Å². The van der Waals surface area contributed by atoms with Crippen molar-refractivity contribution < 1.29 is 5.79 Å². The highest BCUT2D eigenvalue weighted by Crippen LogP contribution is 2.12. The van der Waals surface area contributed by atoms with Crippen LogP contribution in [0.5, 0.6) is 0 Å². The van der Waals surface area contributed by atoms with Gasteiger partial charge in [0.1, 0.15) is 7.13 Å². The molecule has 0 saturated carbocycles. The molecule has 0 saturated heterocycles. The molecule has 0 fully saturated rings. The van der Waals surface area contributed by atoms with Crippen LogP contribution in [0.25, 0.3) is 0 Å². The Balaban J connectivity index is 2.85. The second-order valence-corrected chi connectivity index (χ2v) is 2.11. The average molecular weight is 112 g/mol. The Morgan fingerprint density at radius 1 is 1.75 bits per heavy atom. The Morgan fingerprint density at radius 2 is 2.50 bits per heavy atom. The van der Waals surface area contributed by atoms with Crippen LogP contribution in [0.15, 0.2) is 22.8 Å². The lowest BCUT2D eigenvalue weighted by Crippen LogP contribution is -1.79. The zero-order chi connectivity index (χ0) is 6.85. The van der Waals surface area contributed by atoms with Gasteiger partial charge in [0.25, 0.3) is 0 Å². The Hall–Kier alpha value is -0.720. The molecule has 0 unspecified atom stereocenters. The highest BCUT2D eigenvalue weighted by molar-refractivity contribution is 5.02. The molecule has 0 spiro atoms. The van der Waals surface area contributed by atoms with Crippen LogP contribution in [-0.4, -0.2) is 0 Å². The Kier molecular flexibility index (Phi) is 1.06. The second kappa shape index (κ2) is 2.03. The first-order chi connectivity index (χ1) is 4.20. The summed E-state index contributed by atoms with van der Waals surface area (Å²) < 4.78 is 12.1. The van der Waals surface area contributed by atoms with Gasteiger partial charge < -0.3 is 4.42 Å². The molecule has 0 N–H and O–H groups in total. The van der Waals surface area contributed by atoms with Crippen LogP contribution in [0, 0.1) is 0 Å². The van der Waals surface area contributed by atoms with Gasteiger partial charge in [-0.05, 0) is 12.1 Å². The fraction of sp³-hybridized carbons (Fsp3) is 0.429. The monoisotopic (exact) mass is 112 g/mol. The van der Waals surface area contributed by atoms with Crippen molar-refractivity contribution in [2.24, 2.45) is 0 Å². The standard InChI is InChI=1S/C7H10O/c1-6(2)7-4-3-5-8-7/h3-6H,1-2H3/i5T. The van der Waals surface area contributed by atoms with Crippen LogP contribution in [0.3, 0.4) is 0 Å². The van der Waals surface area contributed by atoms with Gasteiger partial charge in [-0.3, -0.25) is 0 Å². The summed E-state index contributed by atoms with van der Waals surface area (Å²) in [4.78, 5) is 0. The Bertz CT molecular complexity index is 191. The van der Waals surface area contributed by atoms with Crippen LogP contribution in [0.1, 0.15) is 26.9 Å². The van der Waals surface area contributed by atoms with E-state index in [4.69, 9.17) is 5.79 Å². The summed E-state index contributed by atoms with van der Waals surface area (Å²) in [6.07, 6.45) is 0.249. The number of rotatable bonds is 1. The Morgan fingerprint density at radius 3 is 2.75 bits per heavy atom. The van der Waals surface area contributed by atoms with Gasteiger partial charge in [-0.2, -0.15) is 0 Å². The molecule has 1 nitrogen and oxygen atoms in total. The molecule has 1 heteroatoms. The summed E-state index contributed by atoms with van der Waals surface area (Å²) in [6.45, 7) is 4.08. The number of hydrogen-bond acceptors (Lipinski definition) is 1. The maximum Gasteiger partial charge on any atom is 0.106 e. The minimum absolute atomic E-state index is 0.249. The van der Waals surface area contributed by atoms with Gasteiger partial charge in [-0.25, -0.2) is 0 Å². The lowest BCUT2D eigenvalue weighted by atomic mass is 10.2. The molecule has 1 aromatic heterocycles. The normalized spacial score (nSPS) is 12.1. The highest BCUT2D eigenvalue weighted by atomic mass is 16.3. The van der Waals surface area contributed by atoms with Gasteiger partial charge in [0.05, 0.1) is 6.24 Å². The molecule has 0 aromatic carbocycles. The zero-order valence-electron chi connectivity index (χ0n) is 6.14. The van der Waals surface area contributed by atoms with Crippen molar-refractivity contribution in [2.75, 3.05) is 0 Å². The topological polar surface area (TPSA) is 13.1 Å². The van der Waals surface area contributed by atoms with E-state index in [1.54, 1.807) is 6.07 Å². The maximum atomic E-state index is 7.04. The van der Waals surface area contributed by atoms with E-state index in [-0.39, 0.29) is 6.24 Å². The van der Waals surface area contributed by atoms with E-state index in [0.29, 0.717) is 5.92 Å². The molecule has 0 aliphatic heterocycles. The minimum atomic E-state index is 0.249. The summed E-state index contributed by atoms with van der Waals surface area (Å²) in [5.74, 6) is 1.28. The molecule has 0 radical (unpaired) electrons. The van der Waals surface area contributed by atoms with Gasteiger partial charge >= 0.3 is 0 Å². The third-order valence-electron chi connectivity index (χ3n) is 1.06. The molecule has 0 aliphatic rings. The van der Waals surface area contributed by atoms with E-state index in [9.17, 15) is 0 Å². The molecule has 0 amide bonds. The molecular formula is C7H10O. The predicted octanol–water partition coefficient (Wildman–Crippen LogP) is 2.40. The molecule has 0 aliphatic carbocycles. The van der Waals surface area contributed by atoms with Crippen molar-refractivity contribution in [2.45, 2.75) is 19.8 Å². The number of hydrogen-bond donors (Lipinski definition) is 0. The van der Waals surface area contributed by atoms with Gasteiger partial charge in [-0.1, -0.05) is 13.8 Å². The fourth-order valence-electron chi connectivity index (χ4n) is 0.563. The van der Waals surface area contributed by atoms with E-state index < -0.39 is 0 Å². The van der Waals surface area contributed by atoms with Gasteiger partial charge in [0, 0.05) is 5.92 Å². The lowest BCUT2D eigenvalue weighted by molar-refractivity contribution is 0.487. The SMILES string of the molecule is [3H]c1ccc(C(C)C)o1. The first-order valence-electron chi connectivity index (χ1n) is 3.26. The van der Waals surface area contributed by atoms with Crippen molar-refractivity contribution in [3.8, 4) is 0 Å². The third-order valence-corrected chi connectivity index (χ3v) is 1.06. The summed E-state index contributed by atoms with van der Waals surface area (Å²) in [7, 11) is 0. The summed E-state index contributed by atoms with van der Waals surface area (Å²) in [5.41, 5.74) is 0. The first kappa shape index (κ1) is 4.19. The smallest absolute Gasteiger partial charge is 0.106 e. The molecule has 44 valence electrons. The molecule has 8 heavy (non-hydrogen) atoms. The van der Waals surface area contributed by atoms with Crippen LogP contribution in [0.4, 0.5) is 0 Å². The molecule has 0 bridgehead atoms. The molecular weight excluding hydrogens is 100 g/mol. The fourth-order valence-corrected chi connectivity index (χ4v) is 0.563. The number of furan rings is 1. The largest absolute Gasteiger partial charge is 0.469 e. The van der Waals surface area contributed by atoms with E-state index >= 15 is 0 Å². The van der Waals surface area contributed by atoms with E-state index in [1.807, 2.05) is 19.9 Å². The highest BCUT2D eigenvalue weighted by Gasteiger charge is 1.97. The quantitative estimate of drug-likeness (QED) is 0.543. The maximum absolute atomic E-state index is 7.04. The van der Waals surface area contributed by atoms with Crippen LogP contribution in [-0.2, 0) is 0 Å². The average Bonchev–Trinajstić information content (AvgIpc) is 2.14. The summed E-state index contributed by atoms with van der Waals surface area (Å²) in [5, 5.41) is 0. The Labute approximate surface area is 50.7 Å². The summed E-state index contributed by atoms with van der Waals surface area (Å²) >= 11 is 0. The minimum Gasteiger partial charge on any atom is -0.469 e. The van der Waals surface area contributed by atoms with Gasteiger partial charge in [-0.15, -0.1) is 0 Å².